The van der Waals surface area contributed by atoms with Crippen LogP contribution < -0.4 is 5.32 Å². The highest BCUT2D eigenvalue weighted by Gasteiger charge is 2.66. The molecule has 0 bridgehead atoms. The topological polar surface area (TPSA) is 73.1 Å². The molecule has 4 nitrogen and oxygen atoms in total. The van der Waals surface area contributed by atoms with E-state index in [9.17, 15) is 28.3 Å². The van der Waals surface area contributed by atoms with Crippen LogP contribution in [0.2, 0.25) is 5.02 Å². The molecule has 0 saturated carbocycles. The monoisotopic (exact) mass is 472 g/mol. The van der Waals surface area contributed by atoms with Gasteiger partial charge in [0.25, 0.3) is 0 Å². The highest BCUT2D eigenvalue weighted by molar-refractivity contribution is 8.03. The van der Waals surface area contributed by atoms with Crippen LogP contribution >= 0.6 is 34.7 Å². The number of alkyl halides is 3. The fraction of sp³-hybridized carbons (Fsp3) is 0.300. The van der Waals surface area contributed by atoms with Gasteiger partial charge in [-0.05, 0) is 28.8 Å². The summed E-state index contributed by atoms with van der Waals surface area (Å²) in [7, 11) is 0. The van der Waals surface area contributed by atoms with Gasteiger partial charge in [-0.3, -0.25) is 4.79 Å². The van der Waals surface area contributed by atoms with Crippen molar-refractivity contribution >= 4 is 40.5 Å². The number of aliphatic hydroxyl groups is 1. The molecular formula is C20H16ClF3N2O2S2. The van der Waals surface area contributed by atoms with Gasteiger partial charge in [0.05, 0.1) is 27.5 Å². The minimum absolute atomic E-state index is 0.0467. The Bertz CT molecular complexity index is 1020. The number of hydrogen-bond donors (Lipinski definition) is 2. The Morgan fingerprint density at radius 2 is 2.07 bits per heavy atom. The smallest absolute Gasteiger partial charge is 0.363 e. The lowest BCUT2D eigenvalue weighted by Gasteiger charge is -2.45. The molecule has 1 aliphatic heterocycles. The average Bonchev–Trinajstić information content (AvgIpc) is 3.22. The van der Waals surface area contributed by atoms with E-state index in [4.69, 9.17) is 11.6 Å². The number of halogens is 4. The van der Waals surface area contributed by atoms with Gasteiger partial charge in [0.2, 0.25) is 5.72 Å². The molecule has 0 aliphatic carbocycles. The van der Waals surface area contributed by atoms with Crippen LogP contribution in [0.15, 0.2) is 52.4 Å². The molecular weight excluding hydrogens is 457 g/mol. The molecule has 10 heteroatoms. The summed E-state index contributed by atoms with van der Waals surface area (Å²) >= 11 is 8.19. The first-order valence-electron chi connectivity index (χ1n) is 8.82. The molecule has 0 saturated heterocycles. The molecule has 158 valence electrons. The van der Waals surface area contributed by atoms with E-state index in [1.807, 2.05) is 6.07 Å². The normalized spacial score (nSPS) is 24.3. The van der Waals surface area contributed by atoms with Gasteiger partial charge >= 0.3 is 6.18 Å². The van der Waals surface area contributed by atoms with Crippen molar-refractivity contribution in [2.45, 2.75) is 24.7 Å². The molecule has 0 amide bonds. The lowest BCUT2D eigenvalue weighted by Crippen LogP contribution is -2.66. The Labute approximate surface area is 184 Å². The van der Waals surface area contributed by atoms with Crippen LogP contribution in [0.5, 0.6) is 0 Å². The van der Waals surface area contributed by atoms with E-state index in [2.05, 4.69) is 5.32 Å². The first kappa shape index (κ1) is 22.7. The van der Waals surface area contributed by atoms with Crippen LogP contribution in [0.25, 0.3) is 0 Å². The zero-order valence-corrected chi connectivity index (χ0v) is 17.9. The molecule has 0 radical (unpaired) electrons. The van der Waals surface area contributed by atoms with Gasteiger partial charge in [0, 0.05) is 10.9 Å². The third-order valence-corrected chi connectivity index (χ3v) is 6.90. The SMILES string of the molecule is CCSC1=C(C#N)[C@H](c2ccccc2Cl)[C@H](C(=O)c2cccs2)[C@](O)(C(F)(F)F)N1. The number of hydrogen-bond acceptors (Lipinski definition) is 6. The predicted molar refractivity (Wildman–Crippen MR) is 111 cm³/mol. The molecule has 3 rings (SSSR count). The van der Waals surface area contributed by atoms with E-state index in [0.717, 1.165) is 23.1 Å². The number of thiophene rings is 1. The maximum Gasteiger partial charge on any atom is 0.437 e. The first-order valence-corrected chi connectivity index (χ1v) is 11.1. The standard InChI is InChI=1S/C20H16ClF3N2O2S2/c1-2-29-18-12(10-25)15(11-6-3-4-7-13(11)21)16(17(27)14-8-5-9-30-14)19(28,26-18)20(22,23)24/h3-9,15-16,26,28H,2H2,1H3/t15-,16+,19-/m0/s1. The number of ketones is 1. The van der Waals surface area contributed by atoms with E-state index < -0.39 is 29.5 Å². The summed E-state index contributed by atoms with van der Waals surface area (Å²) < 4.78 is 42.6. The van der Waals surface area contributed by atoms with Crippen LogP contribution in [0, 0.1) is 17.2 Å². The Balaban J connectivity index is 2.35. The van der Waals surface area contributed by atoms with Gasteiger partial charge in [-0.1, -0.05) is 42.8 Å². The van der Waals surface area contributed by atoms with Crippen molar-refractivity contribution in [2.75, 3.05) is 5.75 Å². The quantitative estimate of drug-likeness (QED) is 0.576. The summed E-state index contributed by atoms with van der Waals surface area (Å²) in [6.07, 6.45) is -5.20. The van der Waals surface area contributed by atoms with Crippen LogP contribution in [0.3, 0.4) is 0 Å². The van der Waals surface area contributed by atoms with Crippen molar-refractivity contribution in [3.05, 3.63) is 67.8 Å². The number of rotatable bonds is 5. The number of allylic oxidation sites excluding steroid dienone is 1. The van der Waals surface area contributed by atoms with Crippen LogP contribution in [0.1, 0.15) is 28.1 Å². The molecule has 2 N–H and O–H groups in total. The molecule has 2 aromatic rings. The molecule has 0 fully saturated rings. The minimum atomic E-state index is -5.20. The van der Waals surface area contributed by atoms with Gasteiger partial charge in [0.15, 0.2) is 5.78 Å². The molecule has 1 aromatic carbocycles. The van der Waals surface area contributed by atoms with Crippen molar-refractivity contribution in [1.29, 1.82) is 5.26 Å². The number of Topliss-reactive ketones (excluding diaryl/α,β-unsaturated/α-hetero) is 1. The third kappa shape index (κ3) is 3.85. The Morgan fingerprint density at radius 3 is 2.60 bits per heavy atom. The third-order valence-electron chi connectivity index (χ3n) is 4.77. The lowest BCUT2D eigenvalue weighted by molar-refractivity contribution is -0.285. The summed E-state index contributed by atoms with van der Waals surface area (Å²) in [5.74, 6) is -4.01. The largest absolute Gasteiger partial charge is 0.437 e. The van der Waals surface area contributed by atoms with Gasteiger partial charge < -0.3 is 10.4 Å². The summed E-state index contributed by atoms with van der Waals surface area (Å²) in [4.78, 5) is 13.3. The fourth-order valence-electron chi connectivity index (χ4n) is 3.47. The molecule has 30 heavy (non-hydrogen) atoms. The zero-order valence-electron chi connectivity index (χ0n) is 15.5. The van der Waals surface area contributed by atoms with Crippen LogP contribution in [-0.4, -0.2) is 28.5 Å². The van der Waals surface area contributed by atoms with E-state index >= 15 is 0 Å². The van der Waals surface area contributed by atoms with Crippen molar-refractivity contribution in [2.24, 2.45) is 5.92 Å². The Kier molecular flexibility index (Phi) is 6.53. The Hall–Kier alpha value is -1.99. The number of nitrogens with one attached hydrogen (secondary N) is 1. The minimum Gasteiger partial charge on any atom is -0.363 e. The van der Waals surface area contributed by atoms with Crippen molar-refractivity contribution in [3.8, 4) is 6.07 Å². The average molecular weight is 473 g/mol. The van der Waals surface area contributed by atoms with E-state index in [1.54, 1.807) is 24.4 Å². The maximum atomic E-state index is 14.2. The summed E-state index contributed by atoms with van der Waals surface area (Å²) in [5.41, 5.74) is -3.49. The van der Waals surface area contributed by atoms with Gasteiger partial charge in [-0.2, -0.15) is 18.4 Å². The molecule has 3 atom stereocenters. The molecule has 0 unspecified atom stereocenters. The number of nitrogens with zero attached hydrogens (tertiary/aromatic N) is 1. The maximum absolute atomic E-state index is 14.2. The van der Waals surface area contributed by atoms with Gasteiger partial charge in [-0.15, -0.1) is 23.1 Å². The summed E-state index contributed by atoms with van der Waals surface area (Å²) in [5, 5.41) is 24.4. The highest BCUT2D eigenvalue weighted by Crippen LogP contribution is 2.52. The van der Waals surface area contributed by atoms with Crippen molar-refractivity contribution < 1.29 is 23.1 Å². The Morgan fingerprint density at radius 1 is 1.37 bits per heavy atom. The number of carbonyl (C=O) groups is 1. The second-order valence-electron chi connectivity index (χ2n) is 6.50. The number of carbonyl (C=O) groups excluding carboxylic acids is 1. The molecule has 1 aromatic heterocycles. The van der Waals surface area contributed by atoms with Crippen molar-refractivity contribution in [3.63, 3.8) is 0 Å². The van der Waals surface area contributed by atoms with Crippen molar-refractivity contribution in [1.82, 2.24) is 5.32 Å². The molecule has 1 aliphatic rings. The highest BCUT2D eigenvalue weighted by atomic mass is 35.5. The summed E-state index contributed by atoms with van der Waals surface area (Å²) in [6.45, 7) is 1.70. The first-order chi connectivity index (χ1) is 14.2. The van der Waals surface area contributed by atoms with Crippen LogP contribution in [0.4, 0.5) is 13.2 Å². The second kappa shape index (κ2) is 8.63. The molecule has 0 spiro atoms. The predicted octanol–water partition coefficient (Wildman–Crippen LogP) is 5.33. The second-order valence-corrected chi connectivity index (χ2v) is 9.12. The van der Waals surface area contributed by atoms with Gasteiger partial charge in [-0.25, -0.2) is 0 Å². The lowest BCUT2D eigenvalue weighted by atomic mass is 9.70. The number of nitriles is 1. The van der Waals surface area contributed by atoms with E-state index in [1.165, 1.54) is 24.3 Å². The molecule has 2 heterocycles. The van der Waals surface area contributed by atoms with Crippen LogP contribution in [-0.2, 0) is 0 Å². The van der Waals surface area contributed by atoms with Gasteiger partial charge in [0.1, 0.15) is 0 Å². The number of thioether (sulfide) groups is 1. The fourth-order valence-corrected chi connectivity index (χ4v) is 5.27. The summed E-state index contributed by atoms with van der Waals surface area (Å²) in [6, 6.07) is 11.0. The van der Waals surface area contributed by atoms with E-state index in [-0.39, 0.29) is 26.1 Å². The number of benzene rings is 1. The van der Waals surface area contributed by atoms with E-state index in [0.29, 0.717) is 5.75 Å². The zero-order chi connectivity index (χ0) is 22.1.